The molecule has 3 heteroatoms. The van der Waals surface area contributed by atoms with E-state index in [1.807, 2.05) is 22.7 Å². The average molecular weight is 291 g/mol. The fraction of sp³-hybridized carbons (Fsp3) is 0.500. The summed E-state index contributed by atoms with van der Waals surface area (Å²) in [4.78, 5) is 5.80. The van der Waals surface area contributed by atoms with Gasteiger partial charge in [-0.3, -0.25) is 4.90 Å². The van der Waals surface area contributed by atoms with Crippen LogP contribution < -0.4 is 0 Å². The largest absolute Gasteiger partial charge is 0.290 e. The number of hydrogen-bond acceptors (Lipinski definition) is 3. The summed E-state index contributed by atoms with van der Waals surface area (Å²) >= 11 is 3.83. The van der Waals surface area contributed by atoms with Crippen LogP contribution in [-0.4, -0.2) is 11.4 Å². The molecule has 1 aliphatic rings. The molecule has 1 aliphatic heterocycles. The van der Waals surface area contributed by atoms with Crippen LogP contribution in [0.25, 0.3) is 0 Å². The van der Waals surface area contributed by atoms with Crippen molar-refractivity contribution < 1.29 is 0 Å². The number of hydrogen-bond donors (Lipinski definition) is 0. The molecule has 0 aromatic carbocycles. The van der Waals surface area contributed by atoms with E-state index in [1.165, 1.54) is 37.8 Å². The summed E-state index contributed by atoms with van der Waals surface area (Å²) in [6.07, 6.45) is 5.45. The maximum Gasteiger partial charge on any atom is 0.0445 e. The molecule has 1 saturated heterocycles. The lowest BCUT2D eigenvalue weighted by Crippen LogP contribution is -2.27. The molecule has 1 atom stereocenters. The van der Waals surface area contributed by atoms with E-state index in [-0.39, 0.29) is 0 Å². The van der Waals surface area contributed by atoms with Gasteiger partial charge in [-0.15, -0.1) is 22.7 Å². The third-order valence-electron chi connectivity index (χ3n) is 4.05. The maximum absolute atomic E-state index is 2.71. The van der Waals surface area contributed by atoms with E-state index in [4.69, 9.17) is 0 Å². The Morgan fingerprint density at radius 3 is 2.84 bits per heavy atom. The third kappa shape index (κ3) is 3.10. The van der Waals surface area contributed by atoms with Crippen LogP contribution in [0.4, 0.5) is 0 Å². The zero-order valence-corrected chi connectivity index (χ0v) is 13.1. The van der Waals surface area contributed by atoms with Crippen molar-refractivity contribution in [3.05, 3.63) is 44.3 Å². The lowest BCUT2D eigenvalue weighted by Gasteiger charge is -2.29. The predicted molar refractivity (Wildman–Crippen MR) is 85.0 cm³/mol. The SMILES string of the molecule is Cc1ccsc1CN1CCCCC[C@@H]1c1cccs1. The Balaban J connectivity index is 1.81. The van der Waals surface area contributed by atoms with Gasteiger partial charge in [0.1, 0.15) is 0 Å². The lowest BCUT2D eigenvalue weighted by molar-refractivity contribution is 0.197. The van der Waals surface area contributed by atoms with Crippen LogP contribution in [0, 0.1) is 6.92 Å². The molecule has 19 heavy (non-hydrogen) atoms. The Bertz CT molecular complexity index is 501. The normalized spacial score (nSPS) is 21.4. The molecule has 1 nitrogen and oxygen atoms in total. The molecular weight excluding hydrogens is 270 g/mol. The van der Waals surface area contributed by atoms with E-state index in [2.05, 4.69) is 40.8 Å². The molecule has 2 aromatic heterocycles. The zero-order valence-electron chi connectivity index (χ0n) is 11.5. The first-order chi connectivity index (χ1) is 9.34. The number of nitrogens with zero attached hydrogens (tertiary/aromatic N) is 1. The molecule has 0 aliphatic carbocycles. The van der Waals surface area contributed by atoms with Crippen LogP contribution in [0.1, 0.15) is 47.0 Å². The van der Waals surface area contributed by atoms with Gasteiger partial charge < -0.3 is 0 Å². The highest BCUT2D eigenvalue weighted by Gasteiger charge is 2.24. The topological polar surface area (TPSA) is 3.24 Å². The minimum absolute atomic E-state index is 0.643. The van der Waals surface area contributed by atoms with Gasteiger partial charge in [0.15, 0.2) is 0 Å². The Kier molecular flexibility index (Phi) is 4.36. The molecule has 0 N–H and O–H groups in total. The Hall–Kier alpha value is -0.640. The first-order valence-corrected chi connectivity index (χ1v) is 8.91. The van der Waals surface area contributed by atoms with E-state index in [9.17, 15) is 0 Å². The van der Waals surface area contributed by atoms with Crippen molar-refractivity contribution in [1.82, 2.24) is 4.90 Å². The second kappa shape index (κ2) is 6.21. The molecule has 0 radical (unpaired) electrons. The highest BCUT2D eigenvalue weighted by Crippen LogP contribution is 2.34. The summed E-state index contributed by atoms with van der Waals surface area (Å²) in [5, 5.41) is 4.44. The van der Waals surface area contributed by atoms with Crippen molar-refractivity contribution in [2.45, 2.75) is 45.2 Å². The van der Waals surface area contributed by atoms with Gasteiger partial charge in [0.2, 0.25) is 0 Å². The van der Waals surface area contributed by atoms with Crippen molar-refractivity contribution in [2.24, 2.45) is 0 Å². The van der Waals surface area contributed by atoms with Gasteiger partial charge in [0.25, 0.3) is 0 Å². The molecule has 3 rings (SSSR count). The van der Waals surface area contributed by atoms with Crippen LogP contribution in [0.15, 0.2) is 29.0 Å². The van der Waals surface area contributed by atoms with Crippen LogP contribution >= 0.6 is 22.7 Å². The van der Waals surface area contributed by atoms with Crippen LogP contribution in [0.5, 0.6) is 0 Å². The number of likely N-dealkylation sites (tertiary alicyclic amines) is 1. The minimum atomic E-state index is 0.643. The van der Waals surface area contributed by atoms with Gasteiger partial charge >= 0.3 is 0 Å². The zero-order chi connectivity index (χ0) is 13.1. The number of thiophene rings is 2. The smallest absolute Gasteiger partial charge is 0.0445 e. The number of aryl methyl sites for hydroxylation is 1. The van der Waals surface area contributed by atoms with Gasteiger partial charge in [-0.25, -0.2) is 0 Å². The van der Waals surface area contributed by atoms with Crippen molar-refractivity contribution in [3.8, 4) is 0 Å². The second-order valence-corrected chi connectivity index (χ2v) is 7.36. The van der Waals surface area contributed by atoms with E-state index in [0.29, 0.717) is 6.04 Å². The predicted octanol–water partition coefficient (Wildman–Crippen LogP) is 5.24. The Morgan fingerprint density at radius 1 is 1.16 bits per heavy atom. The van der Waals surface area contributed by atoms with Gasteiger partial charge in [-0.2, -0.15) is 0 Å². The summed E-state index contributed by atoms with van der Waals surface area (Å²) in [5.74, 6) is 0. The third-order valence-corrected chi connectivity index (χ3v) is 6.03. The van der Waals surface area contributed by atoms with Gasteiger partial charge in [0.05, 0.1) is 0 Å². The van der Waals surface area contributed by atoms with Crippen molar-refractivity contribution in [1.29, 1.82) is 0 Å². The lowest BCUT2D eigenvalue weighted by atomic mass is 10.1. The van der Waals surface area contributed by atoms with Crippen LogP contribution in [0.3, 0.4) is 0 Å². The van der Waals surface area contributed by atoms with Crippen molar-refractivity contribution in [2.75, 3.05) is 6.54 Å². The highest BCUT2D eigenvalue weighted by molar-refractivity contribution is 7.10. The molecular formula is C16H21NS2. The van der Waals surface area contributed by atoms with Crippen molar-refractivity contribution >= 4 is 22.7 Å². The fourth-order valence-corrected chi connectivity index (χ4v) is 4.74. The second-order valence-electron chi connectivity index (χ2n) is 5.38. The van der Waals surface area contributed by atoms with E-state index < -0.39 is 0 Å². The molecule has 0 unspecified atom stereocenters. The molecule has 0 amide bonds. The molecule has 1 fully saturated rings. The first kappa shape index (κ1) is 13.3. The highest BCUT2D eigenvalue weighted by atomic mass is 32.1. The van der Waals surface area contributed by atoms with Crippen LogP contribution in [-0.2, 0) is 6.54 Å². The molecule has 0 saturated carbocycles. The van der Waals surface area contributed by atoms with E-state index >= 15 is 0 Å². The van der Waals surface area contributed by atoms with Gasteiger partial charge in [0, 0.05) is 22.3 Å². The Morgan fingerprint density at radius 2 is 2.11 bits per heavy atom. The quantitative estimate of drug-likeness (QED) is 0.748. The summed E-state index contributed by atoms with van der Waals surface area (Å²) in [6.45, 7) is 4.62. The molecule has 0 bridgehead atoms. The maximum atomic E-state index is 2.71. The van der Waals surface area contributed by atoms with E-state index in [0.717, 1.165) is 6.54 Å². The van der Waals surface area contributed by atoms with Gasteiger partial charge in [-0.05, 0) is 54.8 Å². The fourth-order valence-electron chi connectivity index (χ4n) is 2.91. The van der Waals surface area contributed by atoms with Gasteiger partial charge in [-0.1, -0.05) is 18.9 Å². The molecule has 3 heterocycles. The summed E-state index contributed by atoms with van der Waals surface area (Å²) < 4.78 is 0. The van der Waals surface area contributed by atoms with Crippen molar-refractivity contribution in [3.63, 3.8) is 0 Å². The summed E-state index contributed by atoms with van der Waals surface area (Å²) in [5.41, 5.74) is 1.46. The number of rotatable bonds is 3. The van der Waals surface area contributed by atoms with Crippen LogP contribution in [0.2, 0.25) is 0 Å². The molecule has 2 aromatic rings. The summed E-state index contributed by atoms with van der Waals surface area (Å²) in [7, 11) is 0. The monoisotopic (exact) mass is 291 g/mol. The Labute approximate surface area is 123 Å². The first-order valence-electron chi connectivity index (χ1n) is 7.15. The average Bonchev–Trinajstić information content (AvgIpc) is 3.00. The standard InChI is InChI=1S/C16H21NS2/c1-13-8-11-19-16(13)12-17-9-4-2-3-6-14(17)15-7-5-10-18-15/h5,7-8,10-11,14H,2-4,6,9,12H2,1H3/t14-/m1/s1. The molecule has 0 spiro atoms. The summed E-state index contributed by atoms with van der Waals surface area (Å²) in [6, 6.07) is 7.40. The minimum Gasteiger partial charge on any atom is -0.290 e. The van der Waals surface area contributed by atoms with E-state index in [1.54, 1.807) is 9.75 Å². The molecule has 102 valence electrons.